The number of anilines is 1. The summed E-state index contributed by atoms with van der Waals surface area (Å²) in [6.45, 7) is 0. The molecule has 0 saturated heterocycles. The molecule has 2 nitrogen and oxygen atoms in total. The van der Waals surface area contributed by atoms with Gasteiger partial charge in [0.05, 0.1) is 0 Å². The lowest BCUT2D eigenvalue weighted by Gasteiger charge is -2.04. The maximum Gasteiger partial charge on any atom is 0.137 e. The molecule has 0 saturated carbocycles. The van der Waals surface area contributed by atoms with Crippen LogP contribution < -0.4 is 5.73 Å². The minimum absolute atomic E-state index is 0.0848. The Morgan fingerprint density at radius 2 is 1.75 bits per heavy atom. The molecule has 2 aromatic rings. The number of Topliss-reactive ketones (excluding diaryl/α,β-unsaturated/α-hetero) is 1. The summed E-state index contributed by atoms with van der Waals surface area (Å²) in [7, 11) is 0. The molecule has 0 aliphatic carbocycles. The van der Waals surface area contributed by atoms with Gasteiger partial charge in [0.1, 0.15) is 17.4 Å². The van der Waals surface area contributed by atoms with Crippen LogP contribution in [0, 0.1) is 11.6 Å². The molecule has 0 fully saturated rings. The summed E-state index contributed by atoms with van der Waals surface area (Å²) in [5, 5.41) is 0. The van der Waals surface area contributed by atoms with E-state index in [2.05, 4.69) is 0 Å². The summed E-state index contributed by atoms with van der Waals surface area (Å²) >= 11 is 0. The van der Waals surface area contributed by atoms with Crippen LogP contribution >= 0.6 is 0 Å². The molecule has 2 aromatic carbocycles. The molecule has 2 rings (SSSR count). The van der Waals surface area contributed by atoms with E-state index in [1.807, 2.05) is 12.1 Å². The highest BCUT2D eigenvalue weighted by molar-refractivity contribution is 5.81. The number of carbonyl (C=O) groups is 1. The first-order chi connectivity index (χ1) is 9.54. The summed E-state index contributed by atoms with van der Waals surface area (Å²) < 4.78 is 26.4. The number of hydrogen-bond donors (Lipinski definition) is 1. The number of halogens is 2. The SMILES string of the molecule is Nc1ccc(CCC(=O)Cc2cc(F)ccc2F)cc1. The molecule has 4 heteroatoms. The van der Waals surface area contributed by atoms with Gasteiger partial charge in [-0.3, -0.25) is 4.79 Å². The number of carbonyl (C=O) groups excluding carboxylic acids is 1. The Balaban J connectivity index is 1.92. The minimum Gasteiger partial charge on any atom is -0.399 e. The maximum absolute atomic E-state index is 13.4. The second-order valence-electron chi connectivity index (χ2n) is 4.69. The van der Waals surface area contributed by atoms with Gasteiger partial charge in [-0.1, -0.05) is 12.1 Å². The lowest BCUT2D eigenvalue weighted by molar-refractivity contribution is -0.118. The average Bonchev–Trinajstić information content (AvgIpc) is 2.42. The zero-order chi connectivity index (χ0) is 14.5. The molecule has 0 aliphatic rings. The van der Waals surface area contributed by atoms with Crippen LogP contribution in [0.15, 0.2) is 42.5 Å². The van der Waals surface area contributed by atoms with E-state index in [0.717, 1.165) is 23.8 Å². The minimum atomic E-state index is -0.549. The third-order valence-electron chi connectivity index (χ3n) is 3.07. The van der Waals surface area contributed by atoms with Crippen molar-refractivity contribution in [3.8, 4) is 0 Å². The zero-order valence-corrected chi connectivity index (χ0v) is 10.9. The predicted molar refractivity (Wildman–Crippen MR) is 74.2 cm³/mol. The van der Waals surface area contributed by atoms with Crippen LogP contribution in [0.25, 0.3) is 0 Å². The molecular weight excluding hydrogens is 260 g/mol. The van der Waals surface area contributed by atoms with Gasteiger partial charge in [0, 0.05) is 18.5 Å². The normalized spacial score (nSPS) is 10.5. The highest BCUT2D eigenvalue weighted by Gasteiger charge is 2.09. The van der Waals surface area contributed by atoms with E-state index in [9.17, 15) is 13.6 Å². The number of aryl methyl sites for hydroxylation is 1. The molecular formula is C16H15F2NO. The van der Waals surface area contributed by atoms with E-state index in [4.69, 9.17) is 5.73 Å². The van der Waals surface area contributed by atoms with Crippen molar-refractivity contribution in [1.29, 1.82) is 0 Å². The second kappa shape index (κ2) is 6.28. The lowest BCUT2D eigenvalue weighted by atomic mass is 10.0. The number of rotatable bonds is 5. The molecule has 0 atom stereocenters. The van der Waals surface area contributed by atoms with E-state index in [1.165, 1.54) is 0 Å². The number of hydrogen-bond acceptors (Lipinski definition) is 2. The maximum atomic E-state index is 13.4. The topological polar surface area (TPSA) is 43.1 Å². The zero-order valence-electron chi connectivity index (χ0n) is 10.9. The van der Waals surface area contributed by atoms with Crippen LogP contribution in [0.4, 0.5) is 14.5 Å². The van der Waals surface area contributed by atoms with Crippen LogP contribution in [-0.2, 0) is 17.6 Å². The van der Waals surface area contributed by atoms with Crippen molar-refractivity contribution in [3.05, 3.63) is 65.2 Å². The fourth-order valence-corrected chi connectivity index (χ4v) is 1.95. The van der Waals surface area contributed by atoms with Crippen molar-refractivity contribution in [3.63, 3.8) is 0 Å². The molecule has 104 valence electrons. The van der Waals surface area contributed by atoms with Crippen LogP contribution in [-0.4, -0.2) is 5.78 Å². The second-order valence-corrected chi connectivity index (χ2v) is 4.69. The Morgan fingerprint density at radius 1 is 1.05 bits per heavy atom. The summed E-state index contributed by atoms with van der Waals surface area (Å²) in [6, 6.07) is 10.4. The predicted octanol–water partition coefficient (Wildman–Crippen LogP) is 3.29. The van der Waals surface area contributed by atoms with Crippen LogP contribution in [0.1, 0.15) is 17.5 Å². The third kappa shape index (κ3) is 3.88. The quantitative estimate of drug-likeness (QED) is 0.851. The molecule has 0 aromatic heterocycles. The molecule has 0 radical (unpaired) electrons. The molecule has 2 N–H and O–H groups in total. The molecule has 0 amide bonds. The summed E-state index contributed by atoms with van der Waals surface area (Å²) in [4.78, 5) is 11.8. The Hall–Kier alpha value is -2.23. The average molecular weight is 275 g/mol. The van der Waals surface area contributed by atoms with Crippen LogP contribution in [0.5, 0.6) is 0 Å². The monoisotopic (exact) mass is 275 g/mol. The van der Waals surface area contributed by atoms with Crippen molar-refractivity contribution in [2.45, 2.75) is 19.3 Å². The summed E-state index contributed by atoms with van der Waals surface area (Å²) in [5.41, 5.74) is 7.34. The first-order valence-corrected chi connectivity index (χ1v) is 6.34. The Morgan fingerprint density at radius 3 is 2.45 bits per heavy atom. The van der Waals surface area contributed by atoms with Gasteiger partial charge >= 0.3 is 0 Å². The van der Waals surface area contributed by atoms with E-state index in [1.54, 1.807) is 12.1 Å². The van der Waals surface area contributed by atoms with Gasteiger partial charge in [-0.25, -0.2) is 8.78 Å². The first kappa shape index (κ1) is 14.2. The van der Waals surface area contributed by atoms with E-state index in [-0.39, 0.29) is 17.8 Å². The van der Waals surface area contributed by atoms with E-state index < -0.39 is 11.6 Å². The molecule has 0 bridgehead atoms. The van der Waals surface area contributed by atoms with E-state index in [0.29, 0.717) is 18.5 Å². The fourth-order valence-electron chi connectivity index (χ4n) is 1.95. The fraction of sp³-hybridized carbons (Fsp3) is 0.188. The van der Waals surface area contributed by atoms with Gasteiger partial charge in [0.15, 0.2) is 0 Å². The Labute approximate surface area is 116 Å². The van der Waals surface area contributed by atoms with E-state index >= 15 is 0 Å². The van der Waals surface area contributed by atoms with Gasteiger partial charge in [0.25, 0.3) is 0 Å². The van der Waals surface area contributed by atoms with Gasteiger partial charge in [-0.05, 0) is 47.9 Å². The standard InChI is InChI=1S/C16H15F2NO/c17-13-4-8-16(18)12(9-13)10-15(20)7-3-11-1-5-14(19)6-2-11/h1-2,4-6,8-9H,3,7,10,19H2. The van der Waals surface area contributed by atoms with Crippen molar-refractivity contribution >= 4 is 11.5 Å². The summed E-state index contributed by atoms with van der Waals surface area (Å²) in [6.07, 6.45) is 0.772. The van der Waals surface area contributed by atoms with Crippen molar-refractivity contribution in [2.24, 2.45) is 0 Å². The van der Waals surface area contributed by atoms with Crippen molar-refractivity contribution in [1.82, 2.24) is 0 Å². The molecule has 0 aliphatic heterocycles. The van der Waals surface area contributed by atoms with Gasteiger partial charge < -0.3 is 5.73 Å². The Bertz CT molecular complexity index is 608. The number of nitrogens with two attached hydrogens (primary N) is 1. The van der Waals surface area contributed by atoms with Crippen molar-refractivity contribution in [2.75, 3.05) is 5.73 Å². The number of ketones is 1. The lowest BCUT2D eigenvalue weighted by Crippen LogP contribution is -2.06. The first-order valence-electron chi connectivity index (χ1n) is 6.34. The van der Waals surface area contributed by atoms with Gasteiger partial charge in [-0.15, -0.1) is 0 Å². The Kier molecular flexibility index (Phi) is 4.45. The highest BCUT2D eigenvalue weighted by Crippen LogP contribution is 2.13. The van der Waals surface area contributed by atoms with Crippen LogP contribution in [0.2, 0.25) is 0 Å². The smallest absolute Gasteiger partial charge is 0.137 e. The molecule has 0 unspecified atom stereocenters. The van der Waals surface area contributed by atoms with Gasteiger partial charge in [-0.2, -0.15) is 0 Å². The van der Waals surface area contributed by atoms with Crippen molar-refractivity contribution < 1.29 is 13.6 Å². The molecule has 0 spiro atoms. The molecule has 20 heavy (non-hydrogen) atoms. The largest absolute Gasteiger partial charge is 0.399 e. The third-order valence-corrected chi connectivity index (χ3v) is 3.07. The number of nitrogen functional groups attached to an aromatic ring is 1. The van der Waals surface area contributed by atoms with Crippen LogP contribution in [0.3, 0.4) is 0 Å². The number of benzene rings is 2. The molecule has 0 heterocycles. The highest BCUT2D eigenvalue weighted by atomic mass is 19.1. The summed E-state index contributed by atoms with van der Waals surface area (Å²) in [5.74, 6) is -1.20. The van der Waals surface area contributed by atoms with Gasteiger partial charge in [0.2, 0.25) is 0 Å².